The van der Waals surface area contributed by atoms with Crippen molar-refractivity contribution in [1.29, 1.82) is 0 Å². The van der Waals surface area contributed by atoms with Crippen LogP contribution in [0, 0.1) is 0 Å². The van der Waals surface area contributed by atoms with Crippen LogP contribution in [0.2, 0.25) is 0 Å². The summed E-state index contributed by atoms with van der Waals surface area (Å²) in [7, 11) is 1.58. The van der Waals surface area contributed by atoms with Crippen LogP contribution in [0.5, 0.6) is 5.88 Å². The average Bonchev–Trinajstić information content (AvgIpc) is 2.89. The molecule has 0 aliphatic carbocycles. The fourth-order valence-corrected chi connectivity index (χ4v) is 1.53. The molecule has 102 valence electrons. The number of ether oxygens (including phenoxy) is 1. The van der Waals surface area contributed by atoms with Crippen molar-refractivity contribution in [2.24, 2.45) is 5.73 Å². The Balaban J connectivity index is 2.11. The van der Waals surface area contributed by atoms with Crippen LogP contribution in [0.15, 0.2) is 22.9 Å². The van der Waals surface area contributed by atoms with E-state index in [1.807, 2.05) is 19.9 Å². The monoisotopic (exact) mass is 262 g/mol. The highest BCUT2D eigenvalue weighted by Crippen LogP contribution is 2.19. The average molecular weight is 262 g/mol. The minimum absolute atomic E-state index is 0.464. The summed E-state index contributed by atoms with van der Waals surface area (Å²) in [5.74, 6) is 1.65. The first-order chi connectivity index (χ1) is 9.05. The Bertz CT molecular complexity index is 534. The molecule has 0 aliphatic heterocycles. The number of pyridine rings is 1. The molecule has 1 unspecified atom stereocenters. The summed E-state index contributed by atoms with van der Waals surface area (Å²) in [5, 5.41) is 3.94. The molecule has 0 amide bonds. The Hall–Kier alpha value is -1.95. The van der Waals surface area contributed by atoms with Crippen molar-refractivity contribution in [3.05, 3.63) is 35.6 Å². The van der Waals surface area contributed by atoms with Gasteiger partial charge in [0.05, 0.1) is 12.6 Å². The molecule has 19 heavy (non-hydrogen) atoms. The molecular weight excluding hydrogens is 244 g/mol. The van der Waals surface area contributed by atoms with Crippen LogP contribution in [-0.2, 0) is 12.0 Å². The molecule has 6 nitrogen and oxygen atoms in total. The number of hydrogen-bond acceptors (Lipinski definition) is 6. The van der Waals surface area contributed by atoms with E-state index in [0.717, 1.165) is 12.0 Å². The van der Waals surface area contributed by atoms with Crippen LogP contribution in [0.25, 0.3) is 0 Å². The molecule has 0 radical (unpaired) electrons. The second kappa shape index (κ2) is 5.36. The molecule has 2 aromatic rings. The highest BCUT2D eigenvalue weighted by molar-refractivity contribution is 5.20. The van der Waals surface area contributed by atoms with Crippen molar-refractivity contribution in [1.82, 2.24) is 15.1 Å². The number of hydrogen-bond donors (Lipinski definition) is 1. The van der Waals surface area contributed by atoms with Crippen molar-refractivity contribution in [2.75, 3.05) is 7.11 Å². The van der Waals surface area contributed by atoms with E-state index in [9.17, 15) is 0 Å². The van der Waals surface area contributed by atoms with E-state index in [2.05, 4.69) is 15.1 Å². The van der Waals surface area contributed by atoms with Crippen LogP contribution in [0.3, 0.4) is 0 Å². The molecule has 2 heterocycles. The first kappa shape index (κ1) is 13.5. The zero-order chi connectivity index (χ0) is 13.9. The van der Waals surface area contributed by atoms with Gasteiger partial charge in [-0.2, -0.15) is 4.98 Å². The molecule has 0 aromatic carbocycles. The summed E-state index contributed by atoms with van der Waals surface area (Å²) in [6.07, 6.45) is 3.02. The van der Waals surface area contributed by atoms with Crippen LogP contribution in [0.4, 0.5) is 0 Å². The van der Waals surface area contributed by atoms with E-state index in [1.165, 1.54) is 0 Å². The lowest BCUT2D eigenvalue weighted by Crippen LogP contribution is -2.32. The maximum Gasteiger partial charge on any atom is 0.246 e. The molecule has 2 aromatic heterocycles. The van der Waals surface area contributed by atoms with E-state index in [1.54, 1.807) is 19.4 Å². The van der Waals surface area contributed by atoms with Crippen molar-refractivity contribution in [3.63, 3.8) is 0 Å². The summed E-state index contributed by atoms with van der Waals surface area (Å²) in [6.45, 7) is 3.86. The molecule has 6 heteroatoms. The van der Waals surface area contributed by atoms with E-state index in [-0.39, 0.29) is 0 Å². The number of rotatable bonds is 5. The number of methoxy groups -OCH3 is 1. The summed E-state index contributed by atoms with van der Waals surface area (Å²) in [5.41, 5.74) is 6.47. The molecule has 0 spiro atoms. The van der Waals surface area contributed by atoms with Gasteiger partial charge in [0.25, 0.3) is 0 Å². The van der Waals surface area contributed by atoms with Gasteiger partial charge in [-0.1, -0.05) is 18.1 Å². The predicted octanol–water partition coefficient (Wildman–Crippen LogP) is 1.65. The second-order valence-corrected chi connectivity index (χ2v) is 4.67. The van der Waals surface area contributed by atoms with Gasteiger partial charge in [0.2, 0.25) is 11.8 Å². The highest BCUT2D eigenvalue weighted by atomic mass is 16.5. The minimum Gasteiger partial charge on any atom is -0.481 e. The Kier molecular flexibility index (Phi) is 3.80. The van der Waals surface area contributed by atoms with Gasteiger partial charge in [-0.3, -0.25) is 0 Å². The van der Waals surface area contributed by atoms with Crippen LogP contribution in [0.1, 0.15) is 37.5 Å². The second-order valence-electron chi connectivity index (χ2n) is 4.67. The lowest BCUT2D eigenvalue weighted by molar-refractivity contribution is 0.290. The fourth-order valence-electron chi connectivity index (χ4n) is 1.53. The molecule has 2 N–H and O–H groups in total. The van der Waals surface area contributed by atoms with E-state index in [4.69, 9.17) is 15.0 Å². The Morgan fingerprint density at radius 3 is 2.79 bits per heavy atom. The summed E-state index contributed by atoms with van der Waals surface area (Å²) in [6, 6.07) is 3.72. The number of nitrogens with two attached hydrogens (primary N) is 1. The molecule has 2 rings (SSSR count). The maximum absolute atomic E-state index is 6.06. The Morgan fingerprint density at radius 2 is 2.21 bits per heavy atom. The van der Waals surface area contributed by atoms with Gasteiger partial charge >= 0.3 is 0 Å². The van der Waals surface area contributed by atoms with Gasteiger partial charge < -0.3 is 15.0 Å². The molecule has 0 saturated carbocycles. The predicted molar refractivity (Wildman–Crippen MR) is 69.7 cm³/mol. The first-order valence-corrected chi connectivity index (χ1v) is 6.16. The largest absolute Gasteiger partial charge is 0.481 e. The third-order valence-electron chi connectivity index (χ3n) is 3.06. The van der Waals surface area contributed by atoms with Gasteiger partial charge in [0.15, 0.2) is 5.82 Å². The molecule has 1 atom stereocenters. The van der Waals surface area contributed by atoms with E-state index in [0.29, 0.717) is 24.0 Å². The highest BCUT2D eigenvalue weighted by Gasteiger charge is 2.26. The molecule has 0 bridgehead atoms. The van der Waals surface area contributed by atoms with Crippen LogP contribution < -0.4 is 10.5 Å². The lowest BCUT2D eigenvalue weighted by Gasteiger charge is -2.16. The fraction of sp³-hybridized carbons (Fsp3) is 0.462. The summed E-state index contributed by atoms with van der Waals surface area (Å²) in [4.78, 5) is 8.46. The molecule has 0 aliphatic rings. The van der Waals surface area contributed by atoms with Crippen molar-refractivity contribution < 1.29 is 9.26 Å². The smallest absolute Gasteiger partial charge is 0.246 e. The molecule has 0 fully saturated rings. The lowest BCUT2D eigenvalue weighted by atomic mass is 10.0. The van der Waals surface area contributed by atoms with Gasteiger partial charge in [0.1, 0.15) is 0 Å². The van der Waals surface area contributed by atoms with Crippen LogP contribution >= 0.6 is 0 Å². The molecule has 0 saturated heterocycles. The Labute approximate surface area is 112 Å². The molecular formula is C13H18N4O2. The van der Waals surface area contributed by atoms with Gasteiger partial charge in [-0.15, -0.1) is 0 Å². The minimum atomic E-state index is -0.580. The van der Waals surface area contributed by atoms with Gasteiger partial charge in [0, 0.05) is 18.7 Å². The van der Waals surface area contributed by atoms with Crippen molar-refractivity contribution in [3.8, 4) is 5.88 Å². The normalized spacial score (nSPS) is 14.1. The SMILES string of the molecule is CCC(C)(N)c1nc(Cc2ccc(OC)nc2)no1. The zero-order valence-corrected chi connectivity index (χ0v) is 11.4. The standard InChI is InChI=1S/C13H18N4O2/c1-4-13(2,14)12-16-10(17-19-12)7-9-5-6-11(18-3)15-8-9/h5-6,8H,4,7,14H2,1-3H3. The first-order valence-electron chi connectivity index (χ1n) is 6.16. The third kappa shape index (κ3) is 3.08. The zero-order valence-electron chi connectivity index (χ0n) is 11.4. The van der Waals surface area contributed by atoms with Crippen molar-refractivity contribution >= 4 is 0 Å². The summed E-state index contributed by atoms with van der Waals surface area (Å²) >= 11 is 0. The third-order valence-corrected chi connectivity index (χ3v) is 3.06. The van der Waals surface area contributed by atoms with E-state index >= 15 is 0 Å². The quantitative estimate of drug-likeness (QED) is 0.881. The van der Waals surface area contributed by atoms with E-state index < -0.39 is 5.54 Å². The van der Waals surface area contributed by atoms with Crippen LogP contribution in [-0.4, -0.2) is 22.2 Å². The topological polar surface area (TPSA) is 87.1 Å². The van der Waals surface area contributed by atoms with Gasteiger partial charge in [-0.25, -0.2) is 4.98 Å². The number of aromatic nitrogens is 3. The maximum atomic E-state index is 6.06. The number of nitrogens with zero attached hydrogens (tertiary/aromatic N) is 3. The van der Waals surface area contributed by atoms with Gasteiger partial charge in [-0.05, 0) is 18.9 Å². The van der Waals surface area contributed by atoms with Crippen molar-refractivity contribution in [2.45, 2.75) is 32.2 Å². The summed E-state index contributed by atoms with van der Waals surface area (Å²) < 4.78 is 10.2. The Morgan fingerprint density at radius 1 is 1.42 bits per heavy atom.